The Hall–Kier alpha value is -1.68. The summed E-state index contributed by atoms with van der Waals surface area (Å²) in [6.45, 7) is 2.09. The van der Waals surface area contributed by atoms with Crippen LogP contribution in [-0.2, 0) is 6.42 Å². The van der Waals surface area contributed by atoms with Crippen LogP contribution in [0.15, 0.2) is 18.2 Å². The van der Waals surface area contributed by atoms with Crippen molar-refractivity contribution in [3.8, 4) is 0 Å². The van der Waals surface area contributed by atoms with Crippen molar-refractivity contribution < 1.29 is 9.90 Å². The molecule has 0 amide bonds. The number of aromatic carboxylic acids is 1. The first-order valence-electron chi connectivity index (χ1n) is 5.82. The van der Waals surface area contributed by atoms with Gasteiger partial charge in [-0.2, -0.15) is 0 Å². The van der Waals surface area contributed by atoms with E-state index in [1.807, 2.05) is 0 Å². The number of fused-ring (bicyclic) bond motifs is 1. The van der Waals surface area contributed by atoms with Gasteiger partial charge < -0.3 is 5.11 Å². The molecule has 0 fully saturated rings. The standard InChI is InChI=1S/C13H13ClN2O2/c1-2-3-6-10-12(14)16-11-8(13(17)18)5-4-7-9(11)15-10/h4-5,7H,2-3,6H2,1H3,(H,17,18). The van der Waals surface area contributed by atoms with Crippen molar-refractivity contribution in [1.82, 2.24) is 9.97 Å². The van der Waals surface area contributed by atoms with Gasteiger partial charge in [-0.1, -0.05) is 31.0 Å². The molecule has 0 saturated heterocycles. The molecule has 0 aliphatic carbocycles. The number of halogens is 1. The van der Waals surface area contributed by atoms with Crippen LogP contribution in [0, 0.1) is 0 Å². The van der Waals surface area contributed by atoms with Crippen LogP contribution >= 0.6 is 11.6 Å². The third kappa shape index (κ3) is 2.43. The van der Waals surface area contributed by atoms with Crippen molar-refractivity contribution in [3.05, 3.63) is 34.6 Å². The van der Waals surface area contributed by atoms with Crippen molar-refractivity contribution in [2.24, 2.45) is 0 Å². The number of nitrogens with zero attached hydrogens (tertiary/aromatic N) is 2. The maximum absolute atomic E-state index is 11.1. The fourth-order valence-corrected chi connectivity index (χ4v) is 1.99. The van der Waals surface area contributed by atoms with Gasteiger partial charge in [0.05, 0.1) is 16.8 Å². The van der Waals surface area contributed by atoms with E-state index < -0.39 is 5.97 Å². The maximum atomic E-state index is 11.1. The van der Waals surface area contributed by atoms with Gasteiger partial charge in [-0.15, -0.1) is 0 Å². The van der Waals surface area contributed by atoms with Crippen molar-refractivity contribution in [2.45, 2.75) is 26.2 Å². The normalized spacial score (nSPS) is 10.8. The van der Waals surface area contributed by atoms with Gasteiger partial charge in [-0.05, 0) is 25.0 Å². The third-order valence-electron chi connectivity index (χ3n) is 2.72. The van der Waals surface area contributed by atoms with E-state index in [0.717, 1.165) is 25.0 Å². The van der Waals surface area contributed by atoms with E-state index in [4.69, 9.17) is 16.7 Å². The summed E-state index contributed by atoms with van der Waals surface area (Å²) >= 11 is 6.05. The minimum Gasteiger partial charge on any atom is -0.478 e. The number of benzene rings is 1. The Morgan fingerprint density at radius 3 is 2.83 bits per heavy atom. The highest BCUT2D eigenvalue weighted by Crippen LogP contribution is 2.21. The molecule has 0 saturated carbocycles. The van der Waals surface area contributed by atoms with Gasteiger partial charge in [0.25, 0.3) is 0 Å². The zero-order valence-corrected chi connectivity index (χ0v) is 10.7. The molecule has 2 rings (SSSR count). The molecule has 94 valence electrons. The molecule has 0 atom stereocenters. The van der Waals surface area contributed by atoms with Gasteiger partial charge in [-0.25, -0.2) is 14.8 Å². The maximum Gasteiger partial charge on any atom is 0.337 e. The molecule has 0 bridgehead atoms. The first kappa shape index (κ1) is 12.8. The van der Waals surface area contributed by atoms with Gasteiger partial charge in [0.15, 0.2) is 5.15 Å². The molecule has 18 heavy (non-hydrogen) atoms. The van der Waals surface area contributed by atoms with Crippen molar-refractivity contribution in [3.63, 3.8) is 0 Å². The summed E-state index contributed by atoms with van der Waals surface area (Å²) in [6.07, 6.45) is 2.79. The Labute approximate surface area is 110 Å². The van der Waals surface area contributed by atoms with Crippen LogP contribution in [-0.4, -0.2) is 21.0 Å². The predicted octanol–water partition coefficient (Wildman–Crippen LogP) is 3.32. The average molecular weight is 265 g/mol. The summed E-state index contributed by atoms with van der Waals surface area (Å²) in [4.78, 5) is 19.6. The Morgan fingerprint density at radius 1 is 1.39 bits per heavy atom. The number of rotatable bonds is 4. The van der Waals surface area contributed by atoms with Gasteiger partial charge in [-0.3, -0.25) is 0 Å². The first-order chi connectivity index (χ1) is 8.63. The van der Waals surface area contributed by atoms with E-state index >= 15 is 0 Å². The van der Waals surface area contributed by atoms with Gasteiger partial charge in [0, 0.05) is 0 Å². The smallest absolute Gasteiger partial charge is 0.337 e. The zero-order chi connectivity index (χ0) is 13.1. The minimum absolute atomic E-state index is 0.129. The Bertz CT molecular complexity index is 599. The Kier molecular flexibility index (Phi) is 3.77. The van der Waals surface area contributed by atoms with E-state index in [2.05, 4.69) is 16.9 Å². The van der Waals surface area contributed by atoms with E-state index in [1.165, 1.54) is 6.07 Å². The van der Waals surface area contributed by atoms with E-state index in [9.17, 15) is 4.79 Å². The second-order valence-corrected chi connectivity index (χ2v) is 4.40. The van der Waals surface area contributed by atoms with E-state index in [0.29, 0.717) is 16.2 Å². The lowest BCUT2D eigenvalue weighted by atomic mass is 10.1. The summed E-state index contributed by atoms with van der Waals surface area (Å²) in [5, 5.41) is 9.37. The largest absolute Gasteiger partial charge is 0.478 e. The van der Waals surface area contributed by atoms with E-state index in [-0.39, 0.29) is 5.56 Å². The molecule has 1 aromatic carbocycles. The highest BCUT2D eigenvalue weighted by atomic mass is 35.5. The molecule has 0 radical (unpaired) electrons. The quantitative estimate of drug-likeness (QED) is 0.920. The van der Waals surface area contributed by atoms with Gasteiger partial charge >= 0.3 is 5.97 Å². The number of aryl methyl sites for hydroxylation is 1. The summed E-state index contributed by atoms with van der Waals surface area (Å²) in [7, 11) is 0. The number of aromatic nitrogens is 2. The van der Waals surface area contributed by atoms with Crippen LogP contribution < -0.4 is 0 Å². The third-order valence-corrected chi connectivity index (χ3v) is 3.02. The number of carboxylic acids is 1. The SMILES string of the molecule is CCCCc1nc2cccc(C(=O)O)c2nc1Cl. The van der Waals surface area contributed by atoms with Gasteiger partial charge in [0.1, 0.15) is 5.52 Å². The summed E-state index contributed by atoms with van der Waals surface area (Å²) in [5.74, 6) is -1.02. The number of hydrogen-bond acceptors (Lipinski definition) is 3. The molecule has 0 aliphatic rings. The number of hydrogen-bond donors (Lipinski definition) is 1. The second kappa shape index (κ2) is 5.31. The van der Waals surface area contributed by atoms with Crippen molar-refractivity contribution in [2.75, 3.05) is 0 Å². The number of para-hydroxylation sites is 1. The monoisotopic (exact) mass is 264 g/mol. The molecule has 1 N–H and O–H groups in total. The molecular formula is C13H13ClN2O2. The van der Waals surface area contributed by atoms with Crippen LogP contribution in [0.25, 0.3) is 11.0 Å². The van der Waals surface area contributed by atoms with Gasteiger partial charge in [0.2, 0.25) is 0 Å². The van der Waals surface area contributed by atoms with Crippen LogP contribution in [0.1, 0.15) is 35.8 Å². The van der Waals surface area contributed by atoms with Crippen LogP contribution in [0.2, 0.25) is 5.15 Å². The zero-order valence-electron chi connectivity index (χ0n) is 9.98. The molecule has 0 unspecified atom stereocenters. The van der Waals surface area contributed by atoms with Crippen LogP contribution in [0.4, 0.5) is 0 Å². The average Bonchev–Trinajstić information content (AvgIpc) is 2.35. The lowest BCUT2D eigenvalue weighted by Gasteiger charge is -2.06. The summed E-state index contributed by atoms with van der Waals surface area (Å²) in [5.41, 5.74) is 1.78. The lowest BCUT2D eigenvalue weighted by molar-refractivity contribution is 0.0699. The Morgan fingerprint density at radius 2 is 2.17 bits per heavy atom. The van der Waals surface area contributed by atoms with Crippen molar-refractivity contribution in [1.29, 1.82) is 0 Å². The van der Waals surface area contributed by atoms with Crippen LogP contribution in [0.5, 0.6) is 0 Å². The number of carbonyl (C=O) groups is 1. The molecule has 4 nitrogen and oxygen atoms in total. The first-order valence-corrected chi connectivity index (χ1v) is 6.19. The number of unbranched alkanes of at least 4 members (excludes halogenated alkanes) is 1. The lowest BCUT2D eigenvalue weighted by Crippen LogP contribution is -2.02. The molecule has 1 aromatic heterocycles. The minimum atomic E-state index is -1.02. The molecule has 1 heterocycles. The fourth-order valence-electron chi connectivity index (χ4n) is 1.77. The predicted molar refractivity (Wildman–Crippen MR) is 70.1 cm³/mol. The fraction of sp³-hybridized carbons (Fsp3) is 0.308. The second-order valence-electron chi connectivity index (χ2n) is 4.04. The van der Waals surface area contributed by atoms with Crippen molar-refractivity contribution >= 4 is 28.6 Å². The van der Waals surface area contributed by atoms with Crippen LogP contribution in [0.3, 0.4) is 0 Å². The Balaban J connectivity index is 2.56. The molecule has 0 spiro atoms. The molecule has 5 heteroatoms. The molecule has 0 aliphatic heterocycles. The van der Waals surface area contributed by atoms with E-state index in [1.54, 1.807) is 12.1 Å². The summed E-state index contributed by atoms with van der Waals surface area (Å²) < 4.78 is 0. The highest BCUT2D eigenvalue weighted by molar-refractivity contribution is 6.30. The topological polar surface area (TPSA) is 63.1 Å². The molecule has 2 aromatic rings. The number of carboxylic acid groups (broad SMARTS) is 1. The highest BCUT2D eigenvalue weighted by Gasteiger charge is 2.13. The molecular weight excluding hydrogens is 252 g/mol. The summed E-state index contributed by atoms with van der Waals surface area (Å²) in [6, 6.07) is 4.92.